The van der Waals surface area contributed by atoms with Crippen molar-refractivity contribution in [3.63, 3.8) is 0 Å². The average molecular weight is 288 g/mol. The quantitative estimate of drug-likeness (QED) is 0.921. The van der Waals surface area contributed by atoms with Crippen LogP contribution >= 0.6 is 0 Å². The number of likely N-dealkylation sites (tertiary alicyclic amines) is 2. The van der Waals surface area contributed by atoms with E-state index in [0.717, 1.165) is 24.8 Å². The van der Waals surface area contributed by atoms with E-state index in [0.29, 0.717) is 0 Å². The van der Waals surface area contributed by atoms with E-state index in [2.05, 4.69) is 33.8 Å². The van der Waals surface area contributed by atoms with Crippen LogP contribution in [0.25, 0.3) is 0 Å². The molecule has 0 radical (unpaired) electrons. The molecule has 2 aliphatic heterocycles. The highest BCUT2D eigenvalue weighted by Gasteiger charge is 2.34. The highest BCUT2D eigenvalue weighted by molar-refractivity contribution is 5.12. The van der Waals surface area contributed by atoms with Crippen molar-refractivity contribution in [2.75, 3.05) is 26.2 Å². The number of pyridine rings is 1. The van der Waals surface area contributed by atoms with Gasteiger partial charge in [0, 0.05) is 31.4 Å². The lowest BCUT2D eigenvalue weighted by molar-refractivity contribution is 0.146. The fourth-order valence-corrected chi connectivity index (χ4v) is 3.94. The van der Waals surface area contributed by atoms with Crippen molar-refractivity contribution >= 4 is 0 Å². The second-order valence-electron chi connectivity index (χ2n) is 6.59. The van der Waals surface area contributed by atoms with Gasteiger partial charge in [0.25, 0.3) is 0 Å². The third kappa shape index (κ3) is 3.44. The highest BCUT2D eigenvalue weighted by Crippen LogP contribution is 2.29. The van der Waals surface area contributed by atoms with E-state index in [9.17, 15) is 0 Å². The van der Waals surface area contributed by atoms with Crippen LogP contribution in [0.4, 0.5) is 0 Å². The van der Waals surface area contributed by atoms with Crippen LogP contribution in [0.3, 0.4) is 0 Å². The summed E-state index contributed by atoms with van der Waals surface area (Å²) in [4.78, 5) is 9.79. The van der Waals surface area contributed by atoms with Gasteiger partial charge in [0.15, 0.2) is 0 Å². The molecule has 2 saturated heterocycles. The number of rotatable bonds is 4. The zero-order chi connectivity index (χ0) is 14.7. The zero-order valence-electron chi connectivity index (χ0n) is 13.1. The molecule has 116 valence electrons. The third-order valence-corrected chi connectivity index (χ3v) is 4.98. The number of hydrogen-bond donors (Lipinski definition) is 1. The summed E-state index contributed by atoms with van der Waals surface area (Å²) in [6.45, 7) is 6.95. The minimum atomic E-state index is 0.111. The van der Waals surface area contributed by atoms with Gasteiger partial charge < -0.3 is 5.73 Å². The van der Waals surface area contributed by atoms with Crippen LogP contribution < -0.4 is 5.73 Å². The van der Waals surface area contributed by atoms with Crippen LogP contribution in [0.5, 0.6) is 0 Å². The van der Waals surface area contributed by atoms with E-state index >= 15 is 0 Å². The first kappa shape index (κ1) is 14.9. The summed E-state index contributed by atoms with van der Waals surface area (Å²) >= 11 is 0. The van der Waals surface area contributed by atoms with Crippen LogP contribution in [0.15, 0.2) is 24.4 Å². The molecule has 3 rings (SSSR count). The summed E-state index contributed by atoms with van der Waals surface area (Å²) < 4.78 is 0. The summed E-state index contributed by atoms with van der Waals surface area (Å²) in [7, 11) is 0. The third-order valence-electron chi connectivity index (χ3n) is 4.98. The number of piperidine rings is 1. The molecule has 3 unspecified atom stereocenters. The van der Waals surface area contributed by atoms with Crippen LogP contribution in [0, 0.1) is 0 Å². The van der Waals surface area contributed by atoms with Crippen LogP contribution in [0.1, 0.15) is 44.3 Å². The van der Waals surface area contributed by atoms with Gasteiger partial charge in [0.1, 0.15) is 0 Å². The van der Waals surface area contributed by atoms with Gasteiger partial charge in [-0.05, 0) is 51.4 Å². The molecule has 3 heterocycles. The summed E-state index contributed by atoms with van der Waals surface area (Å²) in [5, 5.41) is 0. The van der Waals surface area contributed by atoms with Crippen molar-refractivity contribution in [3.8, 4) is 0 Å². The van der Waals surface area contributed by atoms with Crippen LogP contribution in [0.2, 0.25) is 0 Å². The Hall–Kier alpha value is -0.970. The van der Waals surface area contributed by atoms with Crippen LogP contribution in [-0.2, 0) is 0 Å². The van der Waals surface area contributed by atoms with Gasteiger partial charge in [-0.2, -0.15) is 0 Å². The lowest BCUT2D eigenvalue weighted by atomic mass is 10.0. The SMILES string of the molecule is CC(N)C(c1ccccn1)N1CCC(N2CCCCC2)C1. The minimum Gasteiger partial charge on any atom is -0.326 e. The maximum absolute atomic E-state index is 6.28. The Labute approximate surface area is 128 Å². The predicted octanol–water partition coefficient (Wildman–Crippen LogP) is 2.03. The van der Waals surface area contributed by atoms with Crippen molar-refractivity contribution in [1.82, 2.24) is 14.8 Å². The second-order valence-corrected chi connectivity index (χ2v) is 6.59. The minimum absolute atomic E-state index is 0.111. The molecule has 0 bridgehead atoms. The van der Waals surface area contributed by atoms with Gasteiger partial charge >= 0.3 is 0 Å². The molecule has 2 N–H and O–H groups in total. The first-order chi connectivity index (χ1) is 10.3. The van der Waals surface area contributed by atoms with E-state index in [1.165, 1.54) is 38.8 Å². The standard InChI is InChI=1S/C17H28N4/c1-14(18)17(16-7-3-4-9-19-16)21-12-8-15(13-21)20-10-5-2-6-11-20/h3-4,7,9,14-15,17H,2,5-6,8,10-13,18H2,1H3. The lowest BCUT2D eigenvalue weighted by Crippen LogP contribution is -2.43. The van der Waals surface area contributed by atoms with Crippen molar-refractivity contribution in [3.05, 3.63) is 30.1 Å². The fourth-order valence-electron chi connectivity index (χ4n) is 3.94. The van der Waals surface area contributed by atoms with Gasteiger partial charge in [-0.25, -0.2) is 0 Å². The molecule has 0 saturated carbocycles. The molecule has 0 aliphatic carbocycles. The topological polar surface area (TPSA) is 45.4 Å². The number of hydrogen-bond acceptors (Lipinski definition) is 4. The molecule has 2 fully saturated rings. The molecule has 0 spiro atoms. The first-order valence-corrected chi connectivity index (χ1v) is 8.40. The van der Waals surface area contributed by atoms with E-state index in [1.54, 1.807) is 0 Å². The molecule has 3 atom stereocenters. The Bertz CT molecular complexity index is 428. The van der Waals surface area contributed by atoms with E-state index in [-0.39, 0.29) is 12.1 Å². The summed E-state index contributed by atoms with van der Waals surface area (Å²) in [6, 6.07) is 7.23. The number of nitrogens with zero attached hydrogens (tertiary/aromatic N) is 3. The van der Waals surface area contributed by atoms with Gasteiger partial charge in [0.2, 0.25) is 0 Å². The summed E-state index contributed by atoms with van der Waals surface area (Å²) in [5.41, 5.74) is 7.39. The first-order valence-electron chi connectivity index (χ1n) is 8.40. The van der Waals surface area contributed by atoms with E-state index in [1.807, 2.05) is 12.3 Å². The average Bonchev–Trinajstić information content (AvgIpc) is 2.98. The lowest BCUT2D eigenvalue weighted by Gasteiger charge is -2.34. The molecule has 0 amide bonds. The van der Waals surface area contributed by atoms with Gasteiger partial charge in [0.05, 0.1) is 11.7 Å². The molecular formula is C17H28N4. The molecule has 0 aromatic carbocycles. The Balaban J connectivity index is 1.68. The van der Waals surface area contributed by atoms with Gasteiger partial charge in [-0.3, -0.25) is 14.8 Å². The Morgan fingerprint density at radius 3 is 2.67 bits per heavy atom. The maximum Gasteiger partial charge on any atom is 0.0671 e. The Morgan fingerprint density at radius 1 is 1.19 bits per heavy atom. The zero-order valence-corrected chi connectivity index (χ0v) is 13.1. The number of aromatic nitrogens is 1. The summed E-state index contributed by atoms with van der Waals surface area (Å²) in [6.07, 6.45) is 7.29. The maximum atomic E-state index is 6.28. The number of nitrogens with two attached hydrogens (primary N) is 1. The monoisotopic (exact) mass is 288 g/mol. The molecule has 21 heavy (non-hydrogen) atoms. The van der Waals surface area contributed by atoms with E-state index < -0.39 is 0 Å². The molecular weight excluding hydrogens is 260 g/mol. The van der Waals surface area contributed by atoms with Crippen molar-refractivity contribution in [1.29, 1.82) is 0 Å². The highest BCUT2D eigenvalue weighted by atomic mass is 15.3. The summed E-state index contributed by atoms with van der Waals surface area (Å²) in [5.74, 6) is 0. The van der Waals surface area contributed by atoms with Gasteiger partial charge in [-0.15, -0.1) is 0 Å². The molecule has 4 heteroatoms. The van der Waals surface area contributed by atoms with Crippen molar-refractivity contribution in [2.45, 2.75) is 50.7 Å². The fraction of sp³-hybridized carbons (Fsp3) is 0.706. The smallest absolute Gasteiger partial charge is 0.0671 e. The van der Waals surface area contributed by atoms with Gasteiger partial charge in [-0.1, -0.05) is 12.5 Å². The normalized spacial score (nSPS) is 27.6. The Morgan fingerprint density at radius 2 is 2.00 bits per heavy atom. The predicted molar refractivity (Wildman–Crippen MR) is 86.0 cm³/mol. The van der Waals surface area contributed by atoms with Crippen LogP contribution in [-0.4, -0.2) is 53.0 Å². The Kier molecular flexibility index (Phi) is 4.88. The molecule has 4 nitrogen and oxygen atoms in total. The second kappa shape index (κ2) is 6.86. The van der Waals surface area contributed by atoms with Crippen molar-refractivity contribution < 1.29 is 0 Å². The largest absolute Gasteiger partial charge is 0.326 e. The molecule has 1 aromatic heterocycles. The molecule has 1 aromatic rings. The molecule has 2 aliphatic rings. The van der Waals surface area contributed by atoms with Crippen molar-refractivity contribution in [2.24, 2.45) is 5.73 Å². The van der Waals surface area contributed by atoms with E-state index in [4.69, 9.17) is 5.73 Å².